The van der Waals surface area contributed by atoms with E-state index in [0.29, 0.717) is 19.0 Å². The first-order valence-electron chi connectivity index (χ1n) is 7.50. The SMILES string of the molecule is CN(C1CCOCC1)C(CN)CC(=O)N1CCCC1. The molecule has 110 valence electrons. The highest BCUT2D eigenvalue weighted by molar-refractivity contribution is 5.77. The Morgan fingerprint density at radius 1 is 1.37 bits per heavy atom. The van der Waals surface area contributed by atoms with E-state index < -0.39 is 0 Å². The van der Waals surface area contributed by atoms with E-state index in [1.165, 1.54) is 0 Å². The van der Waals surface area contributed by atoms with Crippen LogP contribution < -0.4 is 5.73 Å². The Hall–Kier alpha value is -0.650. The van der Waals surface area contributed by atoms with Gasteiger partial charge in [-0.2, -0.15) is 0 Å². The molecule has 0 aromatic carbocycles. The normalized spacial score (nSPS) is 23.0. The van der Waals surface area contributed by atoms with Crippen LogP contribution >= 0.6 is 0 Å². The van der Waals surface area contributed by atoms with Crippen molar-refractivity contribution >= 4 is 5.91 Å². The second-order valence-electron chi connectivity index (χ2n) is 5.69. The third-order valence-corrected chi connectivity index (χ3v) is 4.48. The summed E-state index contributed by atoms with van der Waals surface area (Å²) in [4.78, 5) is 16.5. The quantitative estimate of drug-likeness (QED) is 0.786. The number of nitrogens with zero attached hydrogens (tertiary/aromatic N) is 2. The molecule has 2 rings (SSSR count). The second kappa shape index (κ2) is 7.22. The molecule has 5 heteroatoms. The number of likely N-dealkylation sites (N-methyl/N-ethyl adjacent to an activating group) is 1. The zero-order valence-corrected chi connectivity index (χ0v) is 12.0. The molecule has 0 aromatic heterocycles. The van der Waals surface area contributed by atoms with Gasteiger partial charge in [0.05, 0.1) is 0 Å². The molecule has 2 fully saturated rings. The molecule has 0 saturated carbocycles. The van der Waals surface area contributed by atoms with Crippen molar-refractivity contribution in [2.45, 2.75) is 44.2 Å². The molecular formula is C14H27N3O2. The zero-order valence-electron chi connectivity index (χ0n) is 12.0. The summed E-state index contributed by atoms with van der Waals surface area (Å²) in [5, 5.41) is 0. The molecule has 0 aromatic rings. The van der Waals surface area contributed by atoms with Crippen molar-refractivity contribution < 1.29 is 9.53 Å². The Bertz CT molecular complexity index is 286. The van der Waals surface area contributed by atoms with Crippen LogP contribution in [0.3, 0.4) is 0 Å². The highest BCUT2D eigenvalue weighted by Gasteiger charge is 2.27. The third kappa shape index (κ3) is 3.91. The van der Waals surface area contributed by atoms with Gasteiger partial charge in [-0.05, 0) is 32.7 Å². The molecule has 1 unspecified atom stereocenters. The Balaban J connectivity index is 1.85. The van der Waals surface area contributed by atoms with Crippen LogP contribution in [0.1, 0.15) is 32.1 Å². The summed E-state index contributed by atoms with van der Waals surface area (Å²) in [6, 6.07) is 0.671. The van der Waals surface area contributed by atoms with Crippen molar-refractivity contribution in [2.75, 3.05) is 39.9 Å². The first kappa shape index (κ1) is 14.8. The van der Waals surface area contributed by atoms with E-state index in [4.69, 9.17) is 10.5 Å². The standard InChI is InChI=1S/C14H27N3O2/c1-16(12-4-8-19-9-5-12)13(11-15)10-14(18)17-6-2-3-7-17/h12-13H,2-11,15H2,1H3. The zero-order chi connectivity index (χ0) is 13.7. The summed E-state index contributed by atoms with van der Waals surface area (Å²) in [7, 11) is 2.10. The minimum Gasteiger partial charge on any atom is -0.381 e. The smallest absolute Gasteiger partial charge is 0.224 e. The number of rotatable bonds is 5. The molecule has 0 bridgehead atoms. The Kier molecular flexibility index (Phi) is 5.60. The van der Waals surface area contributed by atoms with Crippen LogP contribution in [0.5, 0.6) is 0 Å². The number of amides is 1. The number of nitrogens with two attached hydrogens (primary N) is 1. The van der Waals surface area contributed by atoms with Crippen molar-refractivity contribution in [2.24, 2.45) is 5.73 Å². The van der Waals surface area contributed by atoms with E-state index in [2.05, 4.69) is 11.9 Å². The molecule has 1 amide bonds. The lowest BCUT2D eigenvalue weighted by atomic mass is 10.0. The van der Waals surface area contributed by atoms with E-state index in [1.807, 2.05) is 4.90 Å². The molecule has 2 aliphatic heterocycles. The highest BCUT2D eigenvalue weighted by Crippen LogP contribution is 2.18. The van der Waals surface area contributed by atoms with Gasteiger partial charge in [0.2, 0.25) is 5.91 Å². The maximum absolute atomic E-state index is 12.2. The molecule has 2 N–H and O–H groups in total. The number of ether oxygens (including phenoxy) is 1. The fourth-order valence-electron chi connectivity index (χ4n) is 3.08. The van der Waals surface area contributed by atoms with Crippen LogP contribution in [0, 0.1) is 0 Å². The van der Waals surface area contributed by atoms with Gasteiger partial charge in [0.1, 0.15) is 0 Å². The van der Waals surface area contributed by atoms with E-state index in [1.54, 1.807) is 0 Å². The summed E-state index contributed by atoms with van der Waals surface area (Å²) >= 11 is 0. The van der Waals surface area contributed by atoms with Crippen LogP contribution in [0.15, 0.2) is 0 Å². The molecule has 2 aliphatic rings. The maximum Gasteiger partial charge on any atom is 0.224 e. The van der Waals surface area contributed by atoms with Crippen LogP contribution in [-0.2, 0) is 9.53 Å². The monoisotopic (exact) mass is 269 g/mol. The van der Waals surface area contributed by atoms with Crippen molar-refractivity contribution in [1.82, 2.24) is 9.80 Å². The van der Waals surface area contributed by atoms with Crippen LogP contribution in [-0.4, -0.2) is 67.7 Å². The molecule has 1 atom stereocenters. The van der Waals surface area contributed by atoms with E-state index in [-0.39, 0.29) is 11.9 Å². The van der Waals surface area contributed by atoms with E-state index in [9.17, 15) is 4.79 Å². The largest absolute Gasteiger partial charge is 0.381 e. The highest BCUT2D eigenvalue weighted by atomic mass is 16.5. The Morgan fingerprint density at radius 2 is 2.00 bits per heavy atom. The summed E-state index contributed by atoms with van der Waals surface area (Å²) in [5.41, 5.74) is 5.88. The summed E-state index contributed by atoms with van der Waals surface area (Å²) in [5.74, 6) is 0.270. The Morgan fingerprint density at radius 3 is 2.58 bits per heavy atom. The average Bonchev–Trinajstić information content (AvgIpc) is 2.99. The fourth-order valence-corrected chi connectivity index (χ4v) is 3.08. The first-order valence-corrected chi connectivity index (χ1v) is 7.50. The maximum atomic E-state index is 12.2. The van der Waals surface area contributed by atoms with Crippen molar-refractivity contribution in [1.29, 1.82) is 0 Å². The molecule has 0 radical (unpaired) electrons. The molecule has 19 heavy (non-hydrogen) atoms. The number of carbonyl (C=O) groups excluding carboxylic acids is 1. The fraction of sp³-hybridized carbons (Fsp3) is 0.929. The van der Waals surface area contributed by atoms with E-state index in [0.717, 1.165) is 52.0 Å². The lowest BCUT2D eigenvalue weighted by molar-refractivity contribution is -0.131. The molecule has 5 nitrogen and oxygen atoms in total. The molecule has 2 heterocycles. The van der Waals surface area contributed by atoms with Gasteiger partial charge in [-0.1, -0.05) is 0 Å². The van der Waals surface area contributed by atoms with Gasteiger partial charge in [0.15, 0.2) is 0 Å². The number of likely N-dealkylation sites (tertiary alicyclic amines) is 1. The van der Waals surface area contributed by atoms with Gasteiger partial charge < -0.3 is 15.4 Å². The second-order valence-corrected chi connectivity index (χ2v) is 5.69. The number of hydrogen-bond donors (Lipinski definition) is 1. The Labute approximate surface area is 116 Å². The first-order chi connectivity index (χ1) is 9.22. The summed E-state index contributed by atoms with van der Waals surface area (Å²) in [6.07, 6.45) is 4.95. The van der Waals surface area contributed by atoms with Gasteiger partial charge in [0.25, 0.3) is 0 Å². The summed E-state index contributed by atoms with van der Waals surface area (Å²) < 4.78 is 5.39. The minimum absolute atomic E-state index is 0.163. The predicted molar refractivity (Wildman–Crippen MR) is 74.9 cm³/mol. The predicted octanol–water partition coefficient (Wildman–Crippen LogP) is 0.437. The third-order valence-electron chi connectivity index (χ3n) is 4.48. The topological polar surface area (TPSA) is 58.8 Å². The van der Waals surface area contributed by atoms with Gasteiger partial charge in [-0.3, -0.25) is 9.69 Å². The van der Waals surface area contributed by atoms with Gasteiger partial charge in [0, 0.05) is 51.4 Å². The average molecular weight is 269 g/mol. The van der Waals surface area contributed by atoms with Crippen LogP contribution in [0.4, 0.5) is 0 Å². The van der Waals surface area contributed by atoms with Gasteiger partial charge in [-0.25, -0.2) is 0 Å². The van der Waals surface area contributed by atoms with Gasteiger partial charge in [-0.15, -0.1) is 0 Å². The van der Waals surface area contributed by atoms with Gasteiger partial charge >= 0.3 is 0 Å². The lowest BCUT2D eigenvalue weighted by Gasteiger charge is -2.36. The lowest BCUT2D eigenvalue weighted by Crippen LogP contribution is -2.48. The van der Waals surface area contributed by atoms with Crippen molar-refractivity contribution in [3.63, 3.8) is 0 Å². The van der Waals surface area contributed by atoms with Crippen molar-refractivity contribution in [3.8, 4) is 0 Å². The molecular weight excluding hydrogens is 242 g/mol. The minimum atomic E-state index is 0.163. The van der Waals surface area contributed by atoms with Crippen LogP contribution in [0.2, 0.25) is 0 Å². The van der Waals surface area contributed by atoms with Crippen molar-refractivity contribution in [3.05, 3.63) is 0 Å². The number of hydrogen-bond acceptors (Lipinski definition) is 4. The van der Waals surface area contributed by atoms with E-state index >= 15 is 0 Å². The number of carbonyl (C=O) groups is 1. The van der Waals surface area contributed by atoms with Crippen LogP contribution in [0.25, 0.3) is 0 Å². The molecule has 2 saturated heterocycles. The summed E-state index contributed by atoms with van der Waals surface area (Å²) in [6.45, 7) is 4.06. The molecule has 0 aliphatic carbocycles. The molecule has 0 spiro atoms.